The second-order valence-electron chi connectivity index (χ2n) is 6.95. The summed E-state index contributed by atoms with van der Waals surface area (Å²) in [6, 6.07) is 3.84. The third-order valence-corrected chi connectivity index (χ3v) is 4.28. The molecule has 5 nitrogen and oxygen atoms in total. The number of amides is 1. The maximum atomic E-state index is 12.8. The van der Waals surface area contributed by atoms with Crippen LogP contribution in [0.4, 0.5) is 0 Å². The van der Waals surface area contributed by atoms with E-state index in [9.17, 15) is 19.8 Å². The minimum atomic E-state index is -0.745. The Morgan fingerprint density at radius 2 is 1.92 bits per heavy atom. The molecule has 0 saturated heterocycles. The highest BCUT2D eigenvalue weighted by atomic mass is 35.5. The minimum absolute atomic E-state index is 0.0799. The van der Waals surface area contributed by atoms with Crippen LogP contribution >= 0.6 is 11.6 Å². The lowest BCUT2D eigenvalue weighted by atomic mass is 9.82. The first-order valence-corrected chi connectivity index (χ1v) is 8.24. The SMILES string of the molecule is CCCN1C(=O)C(O)=C(C(=O)C(C)(C)C)C1c1ccc(O)c(Cl)c1. The first-order chi connectivity index (χ1) is 11.1. The molecule has 0 saturated carbocycles. The van der Waals surface area contributed by atoms with Crippen LogP contribution in [0.1, 0.15) is 45.7 Å². The van der Waals surface area contributed by atoms with Crippen LogP contribution < -0.4 is 0 Å². The predicted molar refractivity (Wildman–Crippen MR) is 92.0 cm³/mol. The minimum Gasteiger partial charge on any atom is -0.506 e. The molecule has 24 heavy (non-hydrogen) atoms. The summed E-state index contributed by atoms with van der Waals surface area (Å²) in [5.74, 6) is -1.43. The highest BCUT2D eigenvalue weighted by Gasteiger charge is 2.45. The molecular weight excluding hydrogens is 330 g/mol. The Morgan fingerprint density at radius 1 is 1.29 bits per heavy atom. The van der Waals surface area contributed by atoms with Gasteiger partial charge in [-0.1, -0.05) is 45.4 Å². The maximum absolute atomic E-state index is 12.8. The lowest BCUT2D eigenvalue weighted by Crippen LogP contribution is -2.33. The summed E-state index contributed by atoms with van der Waals surface area (Å²) in [6.07, 6.45) is 0.679. The van der Waals surface area contributed by atoms with Gasteiger partial charge >= 0.3 is 0 Å². The largest absolute Gasteiger partial charge is 0.506 e. The number of phenols is 1. The van der Waals surface area contributed by atoms with Crippen LogP contribution in [-0.2, 0) is 9.59 Å². The molecule has 0 aliphatic carbocycles. The molecule has 1 aromatic rings. The summed E-state index contributed by atoms with van der Waals surface area (Å²) in [4.78, 5) is 26.8. The third kappa shape index (κ3) is 3.13. The number of rotatable bonds is 4. The molecule has 6 heteroatoms. The molecule has 0 spiro atoms. The average molecular weight is 352 g/mol. The number of Topliss-reactive ketones (excluding diaryl/α,β-unsaturated/α-hetero) is 1. The van der Waals surface area contributed by atoms with Crippen molar-refractivity contribution in [2.45, 2.75) is 40.2 Å². The molecule has 1 heterocycles. The van der Waals surface area contributed by atoms with Gasteiger partial charge in [0.2, 0.25) is 0 Å². The van der Waals surface area contributed by atoms with Crippen molar-refractivity contribution in [3.63, 3.8) is 0 Å². The molecule has 1 atom stereocenters. The number of carbonyl (C=O) groups excluding carboxylic acids is 2. The number of aliphatic hydroxyl groups excluding tert-OH is 1. The van der Waals surface area contributed by atoms with Crippen molar-refractivity contribution in [3.8, 4) is 5.75 Å². The van der Waals surface area contributed by atoms with Gasteiger partial charge in [-0.2, -0.15) is 0 Å². The Kier molecular flexibility index (Phi) is 4.95. The van der Waals surface area contributed by atoms with Crippen molar-refractivity contribution in [2.24, 2.45) is 5.41 Å². The predicted octanol–water partition coefficient (Wildman–Crippen LogP) is 3.77. The fourth-order valence-electron chi connectivity index (χ4n) is 2.80. The van der Waals surface area contributed by atoms with Gasteiger partial charge in [0.25, 0.3) is 5.91 Å². The second kappa shape index (κ2) is 6.48. The van der Waals surface area contributed by atoms with E-state index >= 15 is 0 Å². The zero-order valence-corrected chi connectivity index (χ0v) is 15.0. The lowest BCUT2D eigenvalue weighted by molar-refractivity contribution is -0.129. The number of nitrogens with zero attached hydrogens (tertiary/aromatic N) is 1. The van der Waals surface area contributed by atoms with Gasteiger partial charge in [-0.3, -0.25) is 9.59 Å². The third-order valence-electron chi connectivity index (χ3n) is 3.98. The van der Waals surface area contributed by atoms with Gasteiger partial charge in [-0.05, 0) is 24.1 Å². The van der Waals surface area contributed by atoms with Crippen molar-refractivity contribution >= 4 is 23.3 Å². The molecular formula is C18H22ClNO4. The zero-order chi connectivity index (χ0) is 18.2. The van der Waals surface area contributed by atoms with Gasteiger partial charge in [0.05, 0.1) is 16.6 Å². The Labute approximate surface area is 146 Å². The topological polar surface area (TPSA) is 77.8 Å². The molecule has 130 valence electrons. The summed E-state index contributed by atoms with van der Waals surface area (Å²) in [7, 11) is 0. The number of carbonyl (C=O) groups is 2. The Balaban J connectivity index is 2.62. The van der Waals surface area contributed by atoms with Gasteiger partial charge in [0.1, 0.15) is 5.75 Å². The molecule has 1 aliphatic heterocycles. The van der Waals surface area contributed by atoms with Crippen LogP contribution in [0, 0.1) is 5.41 Å². The second-order valence-corrected chi connectivity index (χ2v) is 7.36. The van der Waals surface area contributed by atoms with Gasteiger partial charge < -0.3 is 15.1 Å². The van der Waals surface area contributed by atoms with Gasteiger partial charge in [0, 0.05) is 12.0 Å². The molecule has 1 amide bonds. The highest BCUT2D eigenvalue weighted by Crippen LogP contribution is 2.42. The molecule has 0 fully saturated rings. The van der Waals surface area contributed by atoms with E-state index in [2.05, 4.69) is 0 Å². The first kappa shape index (κ1) is 18.3. The van der Waals surface area contributed by atoms with Crippen molar-refractivity contribution in [1.29, 1.82) is 0 Å². The summed E-state index contributed by atoms with van der Waals surface area (Å²) in [6.45, 7) is 7.53. The van der Waals surface area contributed by atoms with Gasteiger partial charge in [-0.15, -0.1) is 0 Å². The zero-order valence-electron chi connectivity index (χ0n) is 14.3. The van der Waals surface area contributed by atoms with Gasteiger partial charge in [0.15, 0.2) is 11.5 Å². The first-order valence-electron chi connectivity index (χ1n) is 7.86. The van der Waals surface area contributed by atoms with E-state index in [1.54, 1.807) is 26.8 Å². The molecule has 1 aromatic carbocycles. The molecule has 0 radical (unpaired) electrons. The van der Waals surface area contributed by atoms with Crippen molar-refractivity contribution in [1.82, 2.24) is 4.90 Å². The smallest absolute Gasteiger partial charge is 0.290 e. The lowest BCUT2D eigenvalue weighted by Gasteiger charge is -2.28. The number of benzene rings is 1. The molecule has 1 unspecified atom stereocenters. The van der Waals surface area contributed by atoms with Crippen LogP contribution in [0.3, 0.4) is 0 Å². The fourth-order valence-corrected chi connectivity index (χ4v) is 2.99. The molecule has 1 aliphatic rings. The summed E-state index contributed by atoms with van der Waals surface area (Å²) in [5, 5.41) is 20.1. The van der Waals surface area contributed by atoms with E-state index in [0.717, 1.165) is 0 Å². The molecule has 0 aromatic heterocycles. The monoisotopic (exact) mass is 351 g/mol. The number of phenolic OH excluding ortho intramolecular Hbond substituents is 1. The molecule has 2 N–H and O–H groups in total. The van der Waals surface area contributed by atoms with Crippen molar-refractivity contribution < 1.29 is 19.8 Å². The number of ketones is 1. The van der Waals surface area contributed by atoms with Gasteiger partial charge in [-0.25, -0.2) is 0 Å². The Morgan fingerprint density at radius 3 is 2.42 bits per heavy atom. The average Bonchev–Trinajstić information content (AvgIpc) is 2.73. The number of hydrogen-bond donors (Lipinski definition) is 2. The number of aliphatic hydroxyl groups is 1. The van der Waals surface area contributed by atoms with Crippen LogP contribution in [0.2, 0.25) is 5.02 Å². The quantitative estimate of drug-likeness (QED) is 0.865. The molecule has 0 bridgehead atoms. The summed E-state index contributed by atoms with van der Waals surface area (Å²) in [5.41, 5.74) is -0.0796. The van der Waals surface area contributed by atoms with Crippen molar-refractivity contribution in [2.75, 3.05) is 6.54 Å². The van der Waals surface area contributed by atoms with E-state index in [1.165, 1.54) is 17.0 Å². The number of aromatic hydroxyl groups is 1. The van der Waals surface area contributed by atoms with E-state index in [1.807, 2.05) is 6.92 Å². The highest BCUT2D eigenvalue weighted by molar-refractivity contribution is 6.32. The Hall–Kier alpha value is -2.01. The number of hydrogen-bond acceptors (Lipinski definition) is 4. The van der Waals surface area contributed by atoms with Crippen LogP contribution in [0.25, 0.3) is 0 Å². The fraction of sp³-hybridized carbons (Fsp3) is 0.444. The van der Waals surface area contributed by atoms with Crippen molar-refractivity contribution in [3.05, 3.63) is 40.1 Å². The van der Waals surface area contributed by atoms with E-state index in [4.69, 9.17) is 11.6 Å². The Bertz CT molecular complexity index is 718. The van der Waals surface area contributed by atoms with E-state index < -0.39 is 23.1 Å². The maximum Gasteiger partial charge on any atom is 0.290 e. The summed E-state index contributed by atoms with van der Waals surface area (Å²) >= 11 is 5.99. The van der Waals surface area contributed by atoms with Crippen LogP contribution in [0.15, 0.2) is 29.5 Å². The van der Waals surface area contributed by atoms with E-state index in [0.29, 0.717) is 18.5 Å². The number of halogens is 1. The van der Waals surface area contributed by atoms with E-state index in [-0.39, 0.29) is 22.1 Å². The normalized spacial score (nSPS) is 18.5. The summed E-state index contributed by atoms with van der Waals surface area (Å²) < 4.78 is 0. The standard InChI is InChI=1S/C18H22ClNO4/c1-5-8-20-14(10-6-7-12(21)11(19)9-10)13(15(22)17(20)24)16(23)18(2,3)4/h6-7,9,14,21-22H,5,8H2,1-4H3. The van der Waals surface area contributed by atoms with Crippen LogP contribution in [0.5, 0.6) is 5.75 Å². The molecule has 2 rings (SSSR count). The van der Waals surface area contributed by atoms with Crippen LogP contribution in [-0.4, -0.2) is 33.3 Å².